The highest BCUT2D eigenvalue weighted by molar-refractivity contribution is 5.75. The molecule has 0 bridgehead atoms. The zero-order valence-corrected chi connectivity index (χ0v) is 10.3. The van der Waals surface area contributed by atoms with E-state index in [2.05, 4.69) is 5.32 Å². The summed E-state index contributed by atoms with van der Waals surface area (Å²) in [4.78, 5) is 11.4. The number of esters is 1. The lowest BCUT2D eigenvalue weighted by Crippen LogP contribution is -2.39. The Morgan fingerprint density at radius 1 is 1.50 bits per heavy atom. The van der Waals surface area contributed by atoms with Crippen LogP contribution in [-0.4, -0.2) is 38.9 Å². The van der Waals surface area contributed by atoms with Crippen LogP contribution in [0.5, 0.6) is 0 Å². The number of likely N-dealkylation sites (N-methyl/N-ethyl adjacent to an activating group) is 1. The molecule has 1 fully saturated rings. The van der Waals surface area contributed by atoms with Gasteiger partial charge in [0.15, 0.2) is 0 Å². The quantitative estimate of drug-likeness (QED) is 0.504. The first-order valence-electron chi connectivity index (χ1n) is 6.19. The molecule has 1 aliphatic rings. The number of carbonyl (C=O) groups excluding carboxylic acids is 1. The molecule has 94 valence electrons. The highest BCUT2D eigenvalue weighted by Gasteiger charge is 2.19. The summed E-state index contributed by atoms with van der Waals surface area (Å²) in [5.74, 6) is 0.629. The van der Waals surface area contributed by atoms with E-state index in [1.807, 2.05) is 6.92 Å². The molecule has 1 rings (SSSR count). The maximum atomic E-state index is 11.4. The summed E-state index contributed by atoms with van der Waals surface area (Å²) in [6.07, 6.45) is 5.18. The van der Waals surface area contributed by atoms with E-state index in [-0.39, 0.29) is 12.0 Å². The van der Waals surface area contributed by atoms with Crippen molar-refractivity contribution in [3.05, 3.63) is 0 Å². The fourth-order valence-electron chi connectivity index (χ4n) is 1.74. The number of ether oxygens (including phenoxy) is 2. The van der Waals surface area contributed by atoms with Gasteiger partial charge in [-0.1, -0.05) is 19.3 Å². The zero-order valence-electron chi connectivity index (χ0n) is 10.3. The van der Waals surface area contributed by atoms with Crippen molar-refractivity contribution >= 4 is 5.97 Å². The minimum absolute atomic E-state index is 0.228. The topological polar surface area (TPSA) is 47.6 Å². The molecule has 1 N–H and O–H groups in total. The molecule has 0 saturated heterocycles. The highest BCUT2D eigenvalue weighted by atomic mass is 16.5. The van der Waals surface area contributed by atoms with E-state index in [9.17, 15) is 4.79 Å². The minimum atomic E-state index is -0.332. The van der Waals surface area contributed by atoms with Crippen LogP contribution >= 0.6 is 0 Å². The van der Waals surface area contributed by atoms with Gasteiger partial charge in [0.05, 0.1) is 13.2 Å². The molecular weight excluding hydrogens is 206 g/mol. The van der Waals surface area contributed by atoms with E-state index in [1.165, 1.54) is 19.3 Å². The molecule has 0 radical (unpaired) electrons. The standard InChI is InChI=1S/C12H23NO3/c1-3-16-12(14)11(13-2)9-15-8-7-10-5-4-6-10/h10-11,13H,3-9H2,1-2H3. The van der Waals surface area contributed by atoms with Crippen LogP contribution in [-0.2, 0) is 14.3 Å². The van der Waals surface area contributed by atoms with Gasteiger partial charge < -0.3 is 14.8 Å². The molecule has 0 amide bonds. The molecule has 1 saturated carbocycles. The Hall–Kier alpha value is -0.610. The third-order valence-corrected chi connectivity index (χ3v) is 3.10. The Kier molecular flexibility index (Phi) is 6.42. The Labute approximate surface area is 97.7 Å². The van der Waals surface area contributed by atoms with Crippen molar-refractivity contribution < 1.29 is 14.3 Å². The van der Waals surface area contributed by atoms with Crippen molar-refractivity contribution in [3.8, 4) is 0 Å². The SMILES string of the molecule is CCOC(=O)C(COCCC1CCC1)NC. The third kappa shape index (κ3) is 4.49. The average Bonchev–Trinajstić information content (AvgIpc) is 2.21. The smallest absolute Gasteiger partial charge is 0.325 e. The molecule has 0 aliphatic heterocycles. The van der Waals surface area contributed by atoms with Crippen LogP contribution in [0.3, 0.4) is 0 Å². The van der Waals surface area contributed by atoms with Crippen molar-refractivity contribution in [2.24, 2.45) is 5.92 Å². The highest BCUT2D eigenvalue weighted by Crippen LogP contribution is 2.29. The molecule has 4 nitrogen and oxygen atoms in total. The van der Waals surface area contributed by atoms with E-state index in [0.29, 0.717) is 13.2 Å². The third-order valence-electron chi connectivity index (χ3n) is 3.10. The number of nitrogens with one attached hydrogen (secondary N) is 1. The van der Waals surface area contributed by atoms with Gasteiger partial charge in [-0.15, -0.1) is 0 Å². The summed E-state index contributed by atoms with van der Waals surface area (Å²) in [6, 6.07) is -0.332. The second-order valence-electron chi connectivity index (χ2n) is 4.25. The van der Waals surface area contributed by atoms with Crippen LogP contribution in [0.4, 0.5) is 0 Å². The van der Waals surface area contributed by atoms with Gasteiger partial charge in [-0.05, 0) is 26.3 Å². The predicted octanol–water partition coefficient (Wildman–Crippen LogP) is 1.34. The monoisotopic (exact) mass is 229 g/mol. The first-order valence-corrected chi connectivity index (χ1v) is 6.19. The lowest BCUT2D eigenvalue weighted by atomic mass is 9.83. The van der Waals surface area contributed by atoms with E-state index in [1.54, 1.807) is 7.05 Å². The van der Waals surface area contributed by atoms with Crippen molar-refractivity contribution in [3.63, 3.8) is 0 Å². The Balaban J connectivity index is 2.05. The molecular formula is C12H23NO3. The molecule has 16 heavy (non-hydrogen) atoms. The van der Waals surface area contributed by atoms with Gasteiger partial charge in [-0.3, -0.25) is 4.79 Å². The minimum Gasteiger partial charge on any atom is -0.465 e. The number of carbonyl (C=O) groups is 1. The number of hydrogen-bond donors (Lipinski definition) is 1. The fraction of sp³-hybridized carbons (Fsp3) is 0.917. The van der Waals surface area contributed by atoms with Gasteiger partial charge in [0.2, 0.25) is 0 Å². The van der Waals surface area contributed by atoms with Crippen LogP contribution in [0.1, 0.15) is 32.6 Å². The van der Waals surface area contributed by atoms with Crippen LogP contribution in [0.15, 0.2) is 0 Å². The summed E-state index contributed by atoms with van der Waals surface area (Å²) in [6.45, 7) is 3.38. The van der Waals surface area contributed by atoms with Crippen LogP contribution < -0.4 is 5.32 Å². The van der Waals surface area contributed by atoms with E-state index in [0.717, 1.165) is 18.9 Å². The van der Waals surface area contributed by atoms with Gasteiger partial charge >= 0.3 is 5.97 Å². The summed E-state index contributed by atoms with van der Waals surface area (Å²) >= 11 is 0. The summed E-state index contributed by atoms with van der Waals surface area (Å²) < 4.78 is 10.4. The zero-order chi connectivity index (χ0) is 11.8. The van der Waals surface area contributed by atoms with Crippen molar-refractivity contribution in [1.82, 2.24) is 5.32 Å². The van der Waals surface area contributed by atoms with E-state index in [4.69, 9.17) is 9.47 Å². The van der Waals surface area contributed by atoms with Gasteiger partial charge in [0.25, 0.3) is 0 Å². The van der Waals surface area contributed by atoms with Gasteiger partial charge in [-0.25, -0.2) is 0 Å². The summed E-state index contributed by atoms with van der Waals surface area (Å²) in [7, 11) is 1.75. The van der Waals surface area contributed by atoms with Crippen LogP contribution in [0, 0.1) is 5.92 Å². The Morgan fingerprint density at radius 3 is 2.75 bits per heavy atom. The van der Waals surface area contributed by atoms with Gasteiger partial charge in [0.1, 0.15) is 6.04 Å². The number of rotatable bonds is 8. The second kappa shape index (κ2) is 7.63. The molecule has 0 heterocycles. The maximum Gasteiger partial charge on any atom is 0.325 e. The lowest BCUT2D eigenvalue weighted by Gasteiger charge is -2.25. The average molecular weight is 229 g/mol. The summed E-state index contributed by atoms with van der Waals surface area (Å²) in [5, 5.41) is 2.90. The molecule has 1 aliphatic carbocycles. The van der Waals surface area contributed by atoms with Gasteiger partial charge in [-0.2, -0.15) is 0 Å². The van der Waals surface area contributed by atoms with Crippen molar-refractivity contribution in [2.45, 2.75) is 38.6 Å². The molecule has 1 atom stereocenters. The molecule has 0 aromatic rings. The number of hydrogen-bond acceptors (Lipinski definition) is 4. The maximum absolute atomic E-state index is 11.4. The van der Waals surface area contributed by atoms with E-state index >= 15 is 0 Å². The van der Waals surface area contributed by atoms with E-state index < -0.39 is 0 Å². The molecule has 4 heteroatoms. The van der Waals surface area contributed by atoms with Crippen LogP contribution in [0.2, 0.25) is 0 Å². The normalized spacial score (nSPS) is 17.9. The lowest BCUT2D eigenvalue weighted by molar-refractivity contribution is -0.147. The molecule has 0 aromatic heterocycles. The fourth-order valence-corrected chi connectivity index (χ4v) is 1.74. The van der Waals surface area contributed by atoms with Crippen LogP contribution in [0.25, 0.3) is 0 Å². The van der Waals surface area contributed by atoms with Gasteiger partial charge in [0, 0.05) is 6.61 Å². The second-order valence-corrected chi connectivity index (χ2v) is 4.25. The first kappa shape index (κ1) is 13.5. The van der Waals surface area contributed by atoms with Crippen molar-refractivity contribution in [2.75, 3.05) is 26.9 Å². The molecule has 0 aromatic carbocycles. The Morgan fingerprint density at radius 2 is 2.25 bits per heavy atom. The molecule has 1 unspecified atom stereocenters. The Bertz CT molecular complexity index is 204. The van der Waals surface area contributed by atoms with Crippen molar-refractivity contribution in [1.29, 1.82) is 0 Å². The first-order chi connectivity index (χ1) is 7.77. The molecule has 0 spiro atoms. The largest absolute Gasteiger partial charge is 0.465 e. The predicted molar refractivity (Wildman–Crippen MR) is 62.3 cm³/mol. The summed E-state index contributed by atoms with van der Waals surface area (Å²) in [5.41, 5.74) is 0.